The van der Waals surface area contributed by atoms with Gasteiger partial charge >= 0.3 is 0 Å². The van der Waals surface area contributed by atoms with Gasteiger partial charge < -0.3 is 0 Å². The van der Waals surface area contributed by atoms with E-state index in [9.17, 15) is 8.42 Å². The summed E-state index contributed by atoms with van der Waals surface area (Å²) in [5, 5.41) is 7.42. The van der Waals surface area contributed by atoms with Crippen molar-refractivity contribution in [1.29, 1.82) is 0 Å². The normalized spacial score (nSPS) is 29.9. The summed E-state index contributed by atoms with van der Waals surface area (Å²) in [7, 11) is -2.90. The van der Waals surface area contributed by atoms with Gasteiger partial charge in [0.15, 0.2) is 9.84 Å². The molecule has 1 saturated heterocycles. The van der Waals surface area contributed by atoms with Gasteiger partial charge in [0, 0.05) is 5.41 Å². The Hall–Kier alpha value is -0.230. The van der Waals surface area contributed by atoms with E-state index in [4.69, 9.17) is 0 Å². The van der Waals surface area contributed by atoms with Crippen LogP contribution in [0.4, 0.5) is 0 Å². The van der Waals surface area contributed by atoms with Crippen LogP contribution in [0.1, 0.15) is 27.2 Å². The number of sulfone groups is 1. The Morgan fingerprint density at radius 1 is 1.47 bits per heavy atom. The van der Waals surface area contributed by atoms with E-state index in [2.05, 4.69) is 25.9 Å². The van der Waals surface area contributed by atoms with Gasteiger partial charge in [-0.25, -0.2) is 8.42 Å². The maximum Gasteiger partial charge on any atom is 0.170 e. The molecule has 2 heterocycles. The lowest BCUT2D eigenvalue weighted by Crippen LogP contribution is -2.38. The highest BCUT2D eigenvalue weighted by Gasteiger charge is 2.38. The molecular formula is C9H16N2O2S2. The molecule has 0 radical (unpaired) electrons. The first-order valence-electron chi connectivity index (χ1n) is 5.01. The van der Waals surface area contributed by atoms with Gasteiger partial charge in [0.25, 0.3) is 0 Å². The standard InChI is InChI=1S/C9H16N2O2S2/c1-9(2,3)8-10-11-6-15(12,13)5-4-7(11)14-8/h7H,4-6H2,1-3H3. The summed E-state index contributed by atoms with van der Waals surface area (Å²) in [6, 6.07) is 0. The van der Waals surface area contributed by atoms with Crippen LogP contribution in [-0.4, -0.2) is 35.5 Å². The molecule has 6 heteroatoms. The second kappa shape index (κ2) is 3.38. The van der Waals surface area contributed by atoms with Crippen molar-refractivity contribution in [3.63, 3.8) is 0 Å². The van der Waals surface area contributed by atoms with Crippen LogP contribution < -0.4 is 0 Å². The molecule has 0 aromatic rings. The summed E-state index contributed by atoms with van der Waals surface area (Å²) in [6.07, 6.45) is 0.691. The van der Waals surface area contributed by atoms with Crippen molar-refractivity contribution >= 4 is 26.6 Å². The number of nitrogens with zero attached hydrogens (tertiary/aromatic N) is 2. The number of hydrogen-bond donors (Lipinski definition) is 0. The maximum absolute atomic E-state index is 11.4. The van der Waals surface area contributed by atoms with Crippen molar-refractivity contribution in [1.82, 2.24) is 5.01 Å². The van der Waals surface area contributed by atoms with E-state index in [0.717, 1.165) is 5.04 Å². The fraction of sp³-hybridized carbons (Fsp3) is 0.889. The van der Waals surface area contributed by atoms with E-state index in [1.807, 2.05) is 0 Å². The molecule has 2 aliphatic rings. The molecule has 0 bridgehead atoms. The van der Waals surface area contributed by atoms with E-state index in [-0.39, 0.29) is 16.7 Å². The highest BCUT2D eigenvalue weighted by atomic mass is 32.2. The van der Waals surface area contributed by atoms with Gasteiger partial charge in [-0.05, 0) is 6.42 Å². The second-order valence-electron chi connectivity index (χ2n) is 5.03. The number of hydrazone groups is 1. The Balaban J connectivity index is 2.19. The molecule has 0 aromatic carbocycles. The molecule has 4 nitrogen and oxygen atoms in total. The van der Waals surface area contributed by atoms with Crippen LogP contribution in [0.3, 0.4) is 0 Å². The molecule has 1 atom stereocenters. The van der Waals surface area contributed by atoms with Crippen LogP contribution in [0, 0.1) is 5.41 Å². The van der Waals surface area contributed by atoms with Crippen molar-refractivity contribution in [2.45, 2.75) is 32.6 Å². The molecule has 1 unspecified atom stereocenters. The Morgan fingerprint density at radius 2 is 2.13 bits per heavy atom. The van der Waals surface area contributed by atoms with Crippen LogP contribution in [0.2, 0.25) is 0 Å². The van der Waals surface area contributed by atoms with E-state index in [0.29, 0.717) is 12.2 Å². The first kappa shape index (κ1) is 11.3. The molecule has 0 aromatic heterocycles. The smallest absolute Gasteiger partial charge is 0.170 e. The van der Waals surface area contributed by atoms with Crippen molar-refractivity contribution < 1.29 is 8.42 Å². The molecule has 15 heavy (non-hydrogen) atoms. The predicted molar refractivity (Wildman–Crippen MR) is 63.4 cm³/mol. The van der Waals surface area contributed by atoms with Gasteiger partial charge in [0.1, 0.15) is 16.3 Å². The van der Waals surface area contributed by atoms with Gasteiger partial charge in [0.2, 0.25) is 0 Å². The summed E-state index contributed by atoms with van der Waals surface area (Å²) < 4.78 is 22.9. The molecule has 0 saturated carbocycles. The van der Waals surface area contributed by atoms with Crippen LogP contribution in [-0.2, 0) is 9.84 Å². The van der Waals surface area contributed by atoms with Gasteiger partial charge in [-0.2, -0.15) is 5.10 Å². The van der Waals surface area contributed by atoms with Gasteiger partial charge in [-0.3, -0.25) is 5.01 Å². The monoisotopic (exact) mass is 248 g/mol. The Morgan fingerprint density at radius 3 is 2.73 bits per heavy atom. The fourth-order valence-corrected chi connectivity index (χ4v) is 4.43. The Kier molecular flexibility index (Phi) is 2.54. The topological polar surface area (TPSA) is 49.7 Å². The minimum absolute atomic E-state index is 0.0196. The average molecular weight is 248 g/mol. The zero-order valence-corrected chi connectivity index (χ0v) is 10.9. The molecule has 0 aliphatic carbocycles. The largest absolute Gasteiger partial charge is 0.268 e. The highest BCUT2D eigenvalue weighted by molar-refractivity contribution is 8.14. The molecule has 86 valence electrons. The second-order valence-corrected chi connectivity index (χ2v) is 8.35. The SMILES string of the molecule is CC(C)(C)C1=NN2CS(=O)(=O)CCC2S1. The lowest BCUT2D eigenvalue weighted by Gasteiger charge is -2.26. The summed E-state index contributed by atoms with van der Waals surface area (Å²) in [6.45, 7) is 6.31. The van der Waals surface area contributed by atoms with Crippen molar-refractivity contribution in [2.24, 2.45) is 10.5 Å². The Bertz CT molecular complexity index is 395. The van der Waals surface area contributed by atoms with Crippen LogP contribution in [0.5, 0.6) is 0 Å². The summed E-state index contributed by atoms with van der Waals surface area (Å²) >= 11 is 1.71. The van der Waals surface area contributed by atoms with E-state index in [1.54, 1.807) is 16.8 Å². The van der Waals surface area contributed by atoms with E-state index in [1.165, 1.54) is 0 Å². The average Bonchev–Trinajstić information content (AvgIpc) is 2.43. The molecule has 2 rings (SSSR count). The predicted octanol–water partition coefficient (Wildman–Crippen LogP) is 1.50. The lowest BCUT2D eigenvalue weighted by atomic mass is 9.99. The molecule has 0 N–H and O–H groups in total. The third-order valence-corrected chi connectivity index (χ3v) is 5.63. The first-order valence-corrected chi connectivity index (χ1v) is 7.71. The van der Waals surface area contributed by atoms with Crippen LogP contribution >= 0.6 is 11.8 Å². The lowest BCUT2D eigenvalue weighted by molar-refractivity contribution is 0.298. The summed E-state index contributed by atoms with van der Waals surface area (Å²) in [5.74, 6) is 0.387. The molecule has 0 spiro atoms. The zero-order valence-electron chi connectivity index (χ0n) is 9.23. The van der Waals surface area contributed by atoms with Gasteiger partial charge in [0.05, 0.1) is 5.75 Å². The molecule has 0 amide bonds. The third-order valence-electron chi connectivity index (χ3n) is 2.45. The zero-order chi connectivity index (χ0) is 11.3. The number of hydrogen-bond acceptors (Lipinski definition) is 5. The Labute approximate surface area is 95.0 Å². The quantitative estimate of drug-likeness (QED) is 0.652. The van der Waals surface area contributed by atoms with Crippen LogP contribution in [0.25, 0.3) is 0 Å². The molecule has 1 fully saturated rings. The maximum atomic E-state index is 11.4. The molecule has 2 aliphatic heterocycles. The van der Waals surface area contributed by atoms with Gasteiger partial charge in [-0.1, -0.05) is 32.5 Å². The third kappa shape index (κ3) is 2.30. The number of rotatable bonds is 0. The van der Waals surface area contributed by atoms with Crippen molar-refractivity contribution in [3.05, 3.63) is 0 Å². The number of fused-ring (bicyclic) bond motifs is 1. The highest BCUT2D eigenvalue weighted by Crippen LogP contribution is 2.38. The first-order chi connectivity index (χ1) is 6.78. The van der Waals surface area contributed by atoms with E-state index < -0.39 is 9.84 Å². The summed E-state index contributed by atoms with van der Waals surface area (Å²) in [4.78, 5) is 0. The van der Waals surface area contributed by atoms with Crippen molar-refractivity contribution in [2.75, 3.05) is 11.6 Å². The minimum Gasteiger partial charge on any atom is -0.268 e. The fourth-order valence-electron chi connectivity index (χ4n) is 1.59. The molecular weight excluding hydrogens is 232 g/mol. The van der Waals surface area contributed by atoms with Crippen LogP contribution in [0.15, 0.2) is 5.10 Å². The van der Waals surface area contributed by atoms with E-state index >= 15 is 0 Å². The van der Waals surface area contributed by atoms with Gasteiger partial charge in [-0.15, -0.1) is 0 Å². The summed E-state index contributed by atoms with van der Waals surface area (Å²) in [5.41, 5.74) is 0.0196. The minimum atomic E-state index is -2.90. The van der Waals surface area contributed by atoms with Crippen molar-refractivity contribution in [3.8, 4) is 0 Å². The number of thioether (sulfide) groups is 1.